The van der Waals surface area contributed by atoms with Crippen LogP contribution in [-0.2, 0) is 24.1 Å². The Bertz CT molecular complexity index is 1090. The van der Waals surface area contributed by atoms with Crippen molar-refractivity contribution in [3.8, 4) is 0 Å². The molecule has 1 aromatic carbocycles. The molecule has 0 spiro atoms. The molecule has 2 aliphatic heterocycles. The van der Waals surface area contributed by atoms with E-state index in [2.05, 4.69) is 32.8 Å². The van der Waals surface area contributed by atoms with Crippen LogP contribution in [0.3, 0.4) is 0 Å². The van der Waals surface area contributed by atoms with Crippen LogP contribution in [0.4, 0.5) is 0 Å². The number of aromatic nitrogens is 3. The van der Waals surface area contributed by atoms with Crippen molar-refractivity contribution < 1.29 is 5.11 Å². The van der Waals surface area contributed by atoms with Crippen LogP contribution < -0.4 is 5.32 Å². The van der Waals surface area contributed by atoms with Crippen molar-refractivity contribution in [2.45, 2.75) is 70.2 Å². The average molecular weight is 411 g/mol. The summed E-state index contributed by atoms with van der Waals surface area (Å²) in [7, 11) is 0. The van der Waals surface area contributed by atoms with Gasteiger partial charge in [-0.1, -0.05) is 17.7 Å². The minimum absolute atomic E-state index is 0.0351. The maximum atomic E-state index is 11.4. The molecule has 152 valence electrons. The lowest BCUT2D eigenvalue weighted by molar-refractivity contribution is 0.0373. The summed E-state index contributed by atoms with van der Waals surface area (Å²) < 4.78 is 2.29. The first-order valence-corrected chi connectivity index (χ1v) is 10.7. The maximum absolute atomic E-state index is 11.4. The number of aryl methyl sites for hydroxylation is 1. The number of benzene rings is 1. The van der Waals surface area contributed by atoms with Gasteiger partial charge in [-0.15, -0.1) is 0 Å². The Balaban J connectivity index is 1.69. The monoisotopic (exact) mass is 410 g/mol. The van der Waals surface area contributed by atoms with Gasteiger partial charge in [-0.05, 0) is 52.2 Å². The van der Waals surface area contributed by atoms with Crippen LogP contribution in [-0.4, -0.2) is 25.7 Å². The first-order valence-electron chi connectivity index (χ1n) is 10.4. The smallest absolute Gasteiger partial charge is 0.125 e. The molecule has 2 N–H and O–H groups in total. The van der Waals surface area contributed by atoms with E-state index >= 15 is 0 Å². The summed E-state index contributed by atoms with van der Waals surface area (Å²) in [5.41, 5.74) is 3.38. The number of rotatable bonds is 3. The molecular formula is C23H27ClN4O. The molecule has 0 radical (unpaired) electrons. The van der Waals surface area contributed by atoms with Crippen molar-refractivity contribution in [2.75, 3.05) is 0 Å². The zero-order chi connectivity index (χ0) is 20.4. The van der Waals surface area contributed by atoms with Crippen LogP contribution in [0.1, 0.15) is 55.8 Å². The van der Waals surface area contributed by atoms with Gasteiger partial charge in [0.25, 0.3) is 0 Å². The summed E-state index contributed by atoms with van der Waals surface area (Å²) in [5, 5.41) is 17.2. The minimum atomic E-state index is -1.09. The first-order chi connectivity index (χ1) is 13.8. The highest BCUT2D eigenvalue weighted by Crippen LogP contribution is 2.45. The SMILES string of the molecule is Cc1ncc(C(C)(O)Cn2c3c(c4ccc(Cl)cc42)C2(C)CCCC(C3)N2)cn1. The van der Waals surface area contributed by atoms with Crippen molar-refractivity contribution in [1.29, 1.82) is 0 Å². The standard InChI is InChI=1S/C23H27ClN4O/c1-14-25-11-15(12-26-14)23(3,29)13-28-19-9-16(24)6-7-18(19)21-20(28)10-17-5-4-8-22(21,2)27-17/h6-7,9,11-12,17,27,29H,4-5,8,10,13H2,1-3H3. The first kappa shape index (κ1) is 19.0. The molecule has 1 fully saturated rings. The maximum Gasteiger partial charge on any atom is 0.125 e. The Morgan fingerprint density at radius 2 is 2.10 bits per heavy atom. The van der Waals surface area contributed by atoms with Gasteiger partial charge in [0, 0.05) is 57.6 Å². The highest BCUT2D eigenvalue weighted by Gasteiger charge is 2.43. The number of hydrogen-bond acceptors (Lipinski definition) is 4. The van der Waals surface area contributed by atoms with Crippen LogP contribution in [0.2, 0.25) is 5.02 Å². The Labute approximate surface area is 176 Å². The minimum Gasteiger partial charge on any atom is -0.383 e. The van der Waals surface area contributed by atoms with E-state index in [4.69, 9.17) is 11.6 Å². The van der Waals surface area contributed by atoms with Crippen molar-refractivity contribution >= 4 is 22.5 Å². The zero-order valence-electron chi connectivity index (χ0n) is 17.2. The van der Waals surface area contributed by atoms with Gasteiger partial charge in [-0.3, -0.25) is 0 Å². The Hall–Kier alpha value is -1.95. The summed E-state index contributed by atoms with van der Waals surface area (Å²) >= 11 is 6.39. The molecule has 3 aromatic rings. The average Bonchev–Trinajstić information content (AvgIpc) is 2.95. The molecule has 6 heteroatoms. The molecule has 3 unspecified atom stereocenters. The molecule has 1 saturated heterocycles. The van der Waals surface area contributed by atoms with E-state index in [1.807, 2.05) is 26.0 Å². The van der Waals surface area contributed by atoms with Crippen LogP contribution in [0.5, 0.6) is 0 Å². The second kappa shape index (κ2) is 6.53. The van der Waals surface area contributed by atoms with Gasteiger partial charge in [-0.2, -0.15) is 0 Å². The van der Waals surface area contributed by atoms with Gasteiger partial charge in [-0.25, -0.2) is 9.97 Å². The van der Waals surface area contributed by atoms with Crippen molar-refractivity contribution in [2.24, 2.45) is 0 Å². The van der Waals surface area contributed by atoms with E-state index in [1.54, 1.807) is 12.4 Å². The molecule has 29 heavy (non-hydrogen) atoms. The lowest BCUT2D eigenvalue weighted by atomic mass is 9.75. The molecule has 0 aliphatic carbocycles. The van der Waals surface area contributed by atoms with Crippen molar-refractivity contribution in [3.05, 3.63) is 58.3 Å². The van der Waals surface area contributed by atoms with Crippen molar-refractivity contribution in [3.63, 3.8) is 0 Å². The lowest BCUT2D eigenvalue weighted by Gasteiger charge is -2.45. The van der Waals surface area contributed by atoms with E-state index in [0.717, 1.165) is 23.9 Å². The van der Waals surface area contributed by atoms with Gasteiger partial charge in [0.15, 0.2) is 0 Å². The fraction of sp³-hybridized carbons (Fsp3) is 0.478. The molecule has 3 atom stereocenters. The highest BCUT2D eigenvalue weighted by atomic mass is 35.5. The molecule has 2 bridgehead atoms. The van der Waals surface area contributed by atoms with E-state index in [-0.39, 0.29) is 5.54 Å². The fourth-order valence-electron chi connectivity index (χ4n) is 5.33. The molecule has 0 saturated carbocycles. The summed E-state index contributed by atoms with van der Waals surface area (Å²) in [5.74, 6) is 0.701. The third-order valence-electron chi connectivity index (χ3n) is 6.75. The zero-order valence-corrected chi connectivity index (χ0v) is 17.9. The Morgan fingerprint density at radius 3 is 2.86 bits per heavy atom. The second-order valence-electron chi connectivity index (χ2n) is 9.13. The second-order valence-corrected chi connectivity index (χ2v) is 9.57. The largest absolute Gasteiger partial charge is 0.383 e. The molecular weight excluding hydrogens is 384 g/mol. The van der Waals surface area contributed by atoms with Gasteiger partial charge in [0.2, 0.25) is 0 Å². The number of halogens is 1. The van der Waals surface area contributed by atoms with Crippen molar-refractivity contribution in [1.82, 2.24) is 19.9 Å². The third kappa shape index (κ3) is 3.07. The van der Waals surface area contributed by atoms with E-state index in [1.165, 1.54) is 29.5 Å². The van der Waals surface area contributed by atoms with E-state index in [0.29, 0.717) is 23.4 Å². The number of nitrogens with zero attached hydrogens (tertiary/aromatic N) is 3. The summed E-state index contributed by atoms with van der Waals surface area (Å²) in [6.45, 7) is 6.45. The van der Waals surface area contributed by atoms with Gasteiger partial charge in [0.05, 0.1) is 12.1 Å². The molecule has 0 amide bonds. The number of piperidine rings is 1. The number of aliphatic hydroxyl groups is 1. The van der Waals surface area contributed by atoms with Crippen LogP contribution in [0, 0.1) is 6.92 Å². The van der Waals surface area contributed by atoms with Gasteiger partial charge < -0.3 is 15.0 Å². The molecule has 4 heterocycles. The normalized spacial score (nSPS) is 25.6. The van der Waals surface area contributed by atoms with Crippen LogP contribution in [0.15, 0.2) is 30.6 Å². The number of hydrogen-bond donors (Lipinski definition) is 2. The fourth-order valence-corrected chi connectivity index (χ4v) is 5.50. The third-order valence-corrected chi connectivity index (χ3v) is 6.98. The van der Waals surface area contributed by atoms with Gasteiger partial charge >= 0.3 is 0 Å². The predicted molar refractivity (Wildman–Crippen MR) is 115 cm³/mol. The lowest BCUT2D eigenvalue weighted by Crippen LogP contribution is -2.54. The molecule has 2 aliphatic rings. The summed E-state index contributed by atoms with van der Waals surface area (Å²) in [6.07, 6.45) is 7.99. The molecule has 5 nitrogen and oxygen atoms in total. The predicted octanol–water partition coefficient (Wildman–Crippen LogP) is 4.21. The Kier molecular flexibility index (Phi) is 4.28. The van der Waals surface area contributed by atoms with Gasteiger partial charge in [0.1, 0.15) is 11.4 Å². The topological polar surface area (TPSA) is 63.0 Å². The summed E-state index contributed by atoms with van der Waals surface area (Å²) in [4.78, 5) is 8.57. The van der Waals surface area contributed by atoms with Crippen LogP contribution >= 0.6 is 11.6 Å². The number of nitrogens with one attached hydrogen (secondary N) is 1. The van der Waals surface area contributed by atoms with Crippen LogP contribution in [0.25, 0.3) is 10.9 Å². The van der Waals surface area contributed by atoms with E-state index < -0.39 is 5.60 Å². The quantitative estimate of drug-likeness (QED) is 0.678. The molecule has 5 rings (SSSR count). The molecule has 2 aromatic heterocycles. The summed E-state index contributed by atoms with van der Waals surface area (Å²) in [6, 6.07) is 6.62. The number of fused-ring (bicyclic) bond motifs is 6. The van der Waals surface area contributed by atoms with E-state index in [9.17, 15) is 5.11 Å². The Morgan fingerprint density at radius 1 is 1.34 bits per heavy atom. The highest BCUT2D eigenvalue weighted by molar-refractivity contribution is 6.31.